The number of nitrogen functional groups attached to an aromatic ring is 1. The zero-order valence-electron chi connectivity index (χ0n) is 11.7. The number of carbonyl (C=O) groups is 1. The maximum atomic E-state index is 12.7. The van der Waals surface area contributed by atoms with Crippen molar-refractivity contribution >= 4 is 17.3 Å². The van der Waals surface area contributed by atoms with Crippen LogP contribution in [0.3, 0.4) is 0 Å². The van der Waals surface area contributed by atoms with E-state index in [1.54, 1.807) is 23.4 Å². The third-order valence-corrected chi connectivity index (χ3v) is 3.87. The monoisotopic (exact) mass is 267 g/mol. The predicted octanol–water partition coefficient (Wildman–Crippen LogP) is 2.48. The lowest BCUT2D eigenvalue weighted by Gasteiger charge is -2.30. The van der Waals surface area contributed by atoms with Gasteiger partial charge in [-0.1, -0.05) is 6.07 Å². The Labute approximate surface area is 118 Å². The number of amides is 1. The van der Waals surface area contributed by atoms with Gasteiger partial charge in [-0.2, -0.15) is 0 Å². The van der Waals surface area contributed by atoms with E-state index < -0.39 is 0 Å². The Bertz CT molecular complexity index is 694. The van der Waals surface area contributed by atoms with Gasteiger partial charge in [0.15, 0.2) is 0 Å². The lowest BCUT2D eigenvalue weighted by Crippen LogP contribution is -2.38. The van der Waals surface area contributed by atoms with Crippen LogP contribution in [-0.2, 0) is 6.42 Å². The van der Waals surface area contributed by atoms with Gasteiger partial charge in [-0.05, 0) is 49.1 Å². The van der Waals surface area contributed by atoms with Crippen molar-refractivity contribution in [1.29, 1.82) is 0 Å². The molecule has 0 saturated carbocycles. The standard InChI is InChI=1S/C16H17N3O/c1-10-3-5-18-9-15(10)19-6-4-12-7-11(2)14(17)8-13(12)16(19)20/h3,5,7-9H,4,6,17H2,1-2H3. The van der Waals surface area contributed by atoms with Gasteiger partial charge < -0.3 is 10.6 Å². The molecule has 2 aromatic rings. The molecule has 0 aliphatic carbocycles. The largest absolute Gasteiger partial charge is 0.398 e. The van der Waals surface area contributed by atoms with Crippen LogP contribution in [0.2, 0.25) is 0 Å². The highest BCUT2D eigenvalue weighted by molar-refractivity contribution is 6.09. The Morgan fingerprint density at radius 2 is 2.05 bits per heavy atom. The minimum Gasteiger partial charge on any atom is -0.398 e. The van der Waals surface area contributed by atoms with Crippen molar-refractivity contribution in [3.8, 4) is 0 Å². The number of rotatable bonds is 1. The Balaban J connectivity index is 2.05. The molecule has 1 aromatic carbocycles. The molecule has 1 aliphatic heterocycles. The Kier molecular flexibility index (Phi) is 2.93. The number of nitrogens with two attached hydrogens (primary N) is 1. The number of hydrogen-bond acceptors (Lipinski definition) is 3. The number of hydrogen-bond donors (Lipinski definition) is 1. The summed E-state index contributed by atoms with van der Waals surface area (Å²) in [5.74, 6) is 0.00838. The summed E-state index contributed by atoms with van der Waals surface area (Å²) in [6.07, 6.45) is 4.33. The summed E-state index contributed by atoms with van der Waals surface area (Å²) in [5, 5.41) is 0. The summed E-state index contributed by atoms with van der Waals surface area (Å²) in [4.78, 5) is 18.6. The van der Waals surface area contributed by atoms with Crippen molar-refractivity contribution in [3.63, 3.8) is 0 Å². The molecule has 1 aliphatic rings. The Morgan fingerprint density at radius 1 is 1.25 bits per heavy atom. The van der Waals surface area contributed by atoms with Crippen LogP contribution in [0.4, 0.5) is 11.4 Å². The second-order valence-corrected chi connectivity index (χ2v) is 5.23. The number of fused-ring (bicyclic) bond motifs is 1. The van der Waals surface area contributed by atoms with Crippen molar-refractivity contribution in [2.45, 2.75) is 20.3 Å². The molecule has 4 nitrogen and oxygen atoms in total. The number of pyridine rings is 1. The minimum atomic E-state index is 0.00838. The van der Waals surface area contributed by atoms with Gasteiger partial charge in [-0.25, -0.2) is 0 Å². The smallest absolute Gasteiger partial charge is 0.258 e. The third kappa shape index (κ3) is 1.93. The topological polar surface area (TPSA) is 59.2 Å². The van der Waals surface area contributed by atoms with E-state index in [4.69, 9.17) is 5.73 Å². The van der Waals surface area contributed by atoms with Gasteiger partial charge in [0.2, 0.25) is 0 Å². The van der Waals surface area contributed by atoms with Gasteiger partial charge in [-0.3, -0.25) is 9.78 Å². The number of aryl methyl sites for hydroxylation is 2. The molecule has 0 radical (unpaired) electrons. The highest BCUT2D eigenvalue weighted by atomic mass is 16.2. The molecule has 0 unspecified atom stereocenters. The van der Waals surface area contributed by atoms with Gasteiger partial charge in [0.05, 0.1) is 11.9 Å². The molecule has 20 heavy (non-hydrogen) atoms. The molecule has 0 spiro atoms. The first kappa shape index (κ1) is 12.7. The fourth-order valence-electron chi connectivity index (χ4n) is 2.64. The highest BCUT2D eigenvalue weighted by Crippen LogP contribution is 2.28. The van der Waals surface area contributed by atoms with Crippen molar-refractivity contribution in [3.05, 3.63) is 52.8 Å². The van der Waals surface area contributed by atoms with Gasteiger partial charge in [0, 0.05) is 24.0 Å². The molecule has 2 heterocycles. The molecule has 0 atom stereocenters. The van der Waals surface area contributed by atoms with E-state index in [0.29, 0.717) is 17.8 Å². The van der Waals surface area contributed by atoms with Crippen LogP contribution in [0, 0.1) is 13.8 Å². The molecule has 1 amide bonds. The number of anilines is 2. The quantitative estimate of drug-likeness (QED) is 0.807. The summed E-state index contributed by atoms with van der Waals surface area (Å²) in [5.41, 5.74) is 11.4. The van der Waals surface area contributed by atoms with E-state index in [0.717, 1.165) is 28.8 Å². The zero-order chi connectivity index (χ0) is 14.3. The van der Waals surface area contributed by atoms with Crippen LogP contribution < -0.4 is 10.6 Å². The zero-order valence-corrected chi connectivity index (χ0v) is 11.7. The average molecular weight is 267 g/mol. The highest BCUT2D eigenvalue weighted by Gasteiger charge is 2.27. The summed E-state index contributed by atoms with van der Waals surface area (Å²) in [7, 11) is 0. The van der Waals surface area contributed by atoms with E-state index in [1.165, 1.54) is 0 Å². The molecule has 0 saturated heterocycles. The van der Waals surface area contributed by atoms with E-state index in [9.17, 15) is 4.79 Å². The average Bonchev–Trinajstić information content (AvgIpc) is 2.43. The lowest BCUT2D eigenvalue weighted by atomic mass is 9.95. The molecule has 0 bridgehead atoms. The van der Waals surface area contributed by atoms with Crippen molar-refractivity contribution in [1.82, 2.24) is 4.98 Å². The fourth-order valence-corrected chi connectivity index (χ4v) is 2.64. The molecule has 0 fully saturated rings. The van der Waals surface area contributed by atoms with Crippen LogP contribution in [-0.4, -0.2) is 17.4 Å². The van der Waals surface area contributed by atoms with E-state index in [-0.39, 0.29) is 5.91 Å². The summed E-state index contributed by atoms with van der Waals surface area (Å²) in [6.45, 7) is 4.64. The second-order valence-electron chi connectivity index (χ2n) is 5.23. The molecule has 102 valence electrons. The van der Waals surface area contributed by atoms with Gasteiger partial charge in [0.25, 0.3) is 5.91 Å². The molecule has 4 heteroatoms. The van der Waals surface area contributed by atoms with Crippen molar-refractivity contribution in [2.24, 2.45) is 0 Å². The maximum Gasteiger partial charge on any atom is 0.258 e. The first-order valence-electron chi connectivity index (χ1n) is 6.69. The third-order valence-electron chi connectivity index (χ3n) is 3.87. The van der Waals surface area contributed by atoms with Crippen molar-refractivity contribution < 1.29 is 4.79 Å². The second kappa shape index (κ2) is 4.63. The molecule has 1 aromatic heterocycles. The van der Waals surface area contributed by atoms with Gasteiger partial charge >= 0.3 is 0 Å². The molecule has 3 rings (SSSR count). The van der Waals surface area contributed by atoms with Gasteiger partial charge in [-0.15, -0.1) is 0 Å². The summed E-state index contributed by atoms with van der Waals surface area (Å²) < 4.78 is 0. The molecular formula is C16H17N3O. The van der Waals surface area contributed by atoms with Crippen LogP contribution in [0.25, 0.3) is 0 Å². The van der Waals surface area contributed by atoms with Crippen molar-refractivity contribution in [2.75, 3.05) is 17.2 Å². The van der Waals surface area contributed by atoms with Crippen LogP contribution >= 0.6 is 0 Å². The summed E-state index contributed by atoms with van der Waals surface area (Å²) >= 11 is 0. The number of benzene rings is 1. The van der Waals surface area contributed by atoms with E-state index in [2.05, 4.69) is 4.98 Å². The minimum absolute atomic E-state index is 0.00838. The molecular weight excluding hydrogens is 250 g/mol. The van der Waals surface area contributed by atoms with Crippen LogP contribution in [0.5, 0.6) is 0 Å². The Hall–Kier alpha value is -2.36. The SMILES string of the molecule is Cc1cc2c(cc1N)C(=O)N(c1cnccc1C)CC2. The van der Waals surface area contributed by atoms with Crippen LogP contribution in [0.1, 0.15) is 27.0 Å². The van der Waals surface area contributed by atoms with Crippen LogP contribution in [0.15, 0.2) is 30.6 Å². The number of aromatic nitrogens is 1. The number of carbonyl (C=O) groups excluding carboxylic acids is 1. The maximum absolute atomic E-state index is 12.7. The normalized spacial score (nSPS) is 14.3. The Morgan fingerprint density at radius 3 is 2.80 bits per heavy atom. The lowest BCUT2D eigenvalue weighted by molar-refractivity contribution is 0.0980. The first-order valence-corrected chi connectivity index (χ1v) is 6.69. The fraction of sp³-hybridized carbons (Fsp3) is 0.250. The predicted molar refractivity (Wildman–Crippen MR) is 79.9 cm³/mol. The summed E-state index contributed by atoms with van der Waals surface area (Å²) in [6, 6.07) is 5.74. The van der Waals surface area contributed by atoms with Gasteiger partial charge in [0.1, 0.15) is 0 Å². The first-order chi connectivity index (χ1) is 9.58. The molecule has 2 N–H and O–H groups in total. The van der Waals surface area contributed by atoms with E-state index in [1.807, 2.05) is 26.0 Å². The van der Waals surface area contributed by atoms with E-state index >= 15 is 0 Å². The number of nitrogens with zero attached hydrogens (tertiary/aromatic N) is 2.